The molecule has 0 aliphatic carbocycles. The van der Waals surface area contributed by atoms with Gasteiger partial charge in [-0.2, -0.15) is 0 Å². The van der Waals surface area contributed by atoms with E-state index in [0.29, 0.717) is 0 Å². The summed E-state index contributed by atoms with van der Waals surface area (Å²) in [7, 11) is 0. The molecule has 0 atom stereocenters. The zero-order valence-corrected chi connectivity index (χ0v) is 9.47. The summed E-state index contributed by atoms with van der Waals surface area (Å²) in [4.78, 5) is 12.8. The summed E-state index contributed by atoms with van der Waals surface area (Å²) in [6, 6.07) is 0. The number of nitrogens with zero attached hydrogens (tertiary/aromatic N) is 1. The normalized spacial score (nSPS) is 8.69. The molecule has 3 nitrogen and oxygen atoms in total. The number of hydrogen-bond donors (Lipinski definition) is 1. The van der Waals surface area contributed by atoms with Gasteiger partial charge in [-0.05, 0) is 13.3 Å². The molecule has 0 aromatic carbocycles. The molecule has 13 heavy (non-hydrogen) atoms. The van der Waals surface area contributed by atoms with Crippen molar-refractivity contribution in [3.63, 3.8) is 0 Å². The third kappa shape index (κ3) is 7.78. The van der Waals surface area contributed by atoms with Crippen LogP contribution in [0.2, 0.25) is 0 Å². The number of hydrogen-bond acceptors (Lipinski definition) is 2. The first kappa shape index (κ1) is 14.9. The second kappa shape index (κ2) is 11.4. The Hall–Kier alpha value is -0.570. The van der Waals surface area contributed by atoms with Crippen LogP contribution in [-0.2, 0) is 4.79 Å². The monoisotopic (exact) mass is 188 g/mol. The lowest BCUT2D eigenvalue weighted by atomic mass is 10.3. The van der Waals surface area contributed by atoms with Crippen LogP contribution in [0, 0.1) is 0 Å². The molecule has 0 aromatic heterocycles. The Labute approximate surface area is 82.3 Å². The van der Waals surface area contributed by atoms with E-state index in [4.69, 9.17) is 5.73 Å². The molecule has 0 aliphatic heterocycles. The second-order valence-electron chi connectivity index (χ2n) is 2.53. The summed E-state index contributed by atoms with van der Waals surface area (Å²) >= 11 is 0. The van der Waals surface area contributed by atoms with E-state index in [9.17, 15) is 4.79 Å². The first-order valence-corrected chi connectivity index (χ1v) is 5.24. The predicted octanol–water partition coefficient (Wildman–Crippen LogP) is 1.62. The minimum Gasteiger partial charge on any atom is -0.342 e. The Morgan fingerprint density at radius 3 is 2.15 bits per heavy atom. The highest BCUT2D eigenvalue weighted by Gasteiger charge is 2.06. The second-order valence-corrected chi connectivity index (χ2v) is 2.53. The maximum atomic E-state index is 11.0. The highest BCUT2D eigenvalue weighted by atomic mass is 16.2. The molecule has 0 bridgehead atoms. The molecule has 0 aromatic rings. The van der Waals surface area contributed by atoms with E-state index in [1.165, 1.54) is 0 Å². The van der Waals surface area contributed by atoms with Crippen LogP contribution in [0.4, 0.5) is 0 Å². The van der Waals surface area contributed by atoms with Crippen LogP contribution in [0.5, 0.6) is 0 Å². The maximum absolute atomic E-state index is 11.0. The Morgan fingerprint density at radius 1 is 1.31 bits per heavy atom. The Balaban J connectivity index is 0. The van der Waals surface area contributed by atoms with Crippen molar-refractivity contribution in [3.8, 4) is 0 Å². The average Bonchev–Trinajstić information content (AvgIpc) is 2.21. The first-order valence-electron chi connectivity index (χ1n) is 5.24. The smallest absolute Gasteiger partial charge is 0.236 e. The van der Waals surface area contributed by atoms with Gasteiger partial charge in [-0.25, -0.2) is 0 Å². The Morgan fingerprint density at radius 2 is 1.85 bits per heavy atom. The van der Waals surface area contributed by atoms with E-state index in [1.54, 1.807) is 4.90 Å². The highest BCUT2D eigenvalue weighted by Crippen LogP contribution is 1.94. The van der Waals surface area contributed by atoms with E-state index in [-0.39, 0.29) is 12.5 Å². The van der Waals surface area contributed by atoms with Crippen LogP contribution < -0.4 is 5.73 Å². The molecule has 0 fully saturated rings. The van der Waals surface area contributed by atoms with Gasteiger partial charge in [0.05, 0.1) is 6.54 Å². The van der Waals surface area contributed by atoms with E-state index < -0.39 is 0 Å². The van der Waals surface area contributed by atoms with E-state index in [1.807, 2.05) is 20.8 Å². The quantitative estimate of drug-likeness (QED) is 0.712. The third-order valence-corrected chi connectivity index (χ3v) is 1.69. The number of amides is 1. The average molecular weight is 188 g/mol. The lowest BCUT2D eigenvalue weighted by Crippen LogP contribution is -2.36. The standard InChI is InChI=1S/C8H18N2O.C2H6/c1-3-5-6-10(4-2)8(11)7-9;1-2/h3-7,9H2,1-2H3;1-2H3. The number of carbonyl (C=O) groups is 1. The first-order chi connectivity index (χ1) is 6.26. The van der Waals surface area contributed by atoms with Crippen LogP contribution in [0.3, 0.4) is 0 Å². The summed E-state index contributed by atoms with van der Waals surface area (Å²) in [6.45, 7) is 9.85. The molecular formula is C10H24N2O. The molecule has 2 N–H and O–H groups in total. The van der Waals surface area contributed by atoms with Crippen LogP contribution in [-0.4, -0.2) is 30.4 Å². The fourth-order valence-electron chi connectivity index (χ4n) is 0.937. The van der Waals surface area contributed by atoms with Gasteiger partial charge in [0.15, 0.2) is 0 Å². The number of nitrogens with two attached hydrogens (primary N) is 1. The van der Waals surface area contributed by atoms with E-state index in [2.05, 4.69) is 6.92 Å². The van der Waals surface area contributed by atoms with Crippen molar-refractivity contribution in [3.05, 3.63) is 0 Å². The predicted molar refractivity (Wildman–Crippen MR) is 57.6 cm³/mol. The SMILES string of the molecule is CC.CCCCN(CC)C(=O)CN. The van der Waals surface area contributed by atoms with E-state index in [0.717, 1.165) is 25.9 Å². The fraction of sp³-hybridized carbons (Fsp3) is 0.900. The van der Waals surface area contributed by atoms with Gasteiger partial charge < -0.3 is 10.6 Å². The van der Waals surface area contributed by atoms with Gasteiger partial charge in [-0.15, -0.1) is 0 Å². The molecule has 0 aliphatic rings. The summed E-state index contributed by atoms with van der Waals surface area (Å²) < 4.78 is 0. The number of unbranched alkanes of at least 4 members (excludes halogenated alkanes) is 1. The molecule has 0 rings (SSSR count). The highest BCUT2D eigenvalue weighted by molar-refractivity contribution is 5.77. The van der Waals surface area contributed by atoms with Gasteiger partial charge >= 0.3 is 0 Å². The molecule has 0 saturated carbocycles. The summed E-state index contributed by atoms with van der Waals surface area (Å²) in [6.07, 6.45) is 2.19. The number of rotatable bonds is 5. The molecule has 0 saturated heterocycles. The lowest BCUT2D eigenvalue weighted by Gasteiger charge is -2.19. The van der Waals surface area contributed by atoms with Crippen LogP contribution in [0.15, 0.2) is 0 Å². The maximum Gasteiger partial charge on any atom is 0.236 e. The van der Waals surface area contributed by atoms with Crippen molar-refractivity contribution in [2.75, 3.05) is 19.6 Å². The molecule has 0 unspecified atom stereocenters. The molecule has 0 radical (unpaired) electrons. The summed E-state index contributed by atoms with van der Waals surface area (Å²) in [5, 5.41) is 0. The van der Waals surface area contributed by atoms with Gasteiger partial charge in [0.2, 0.25) is 5.91 Å². The van der Waals surface area contributed by atoms with Crippen LogP contribution in [0.1, 0.15) is 40.5 Å². The van der Waals surface area contributed by atoms with Gasteiger partial charge in [0.25, 0.3) is 0 Å². The largest absolute Gasteiger partial charge is 0.342 e. The number of carbonyl (C=O) groups excluding carboxylic acids is 1. The molecule has 3 heteroatoms. The zero-order chi connectivity index (χ0) is 10.7. The van der Waals surface area contributed by atoms with Gasteiger partial charge in [0, 0.05) is 13.1 Å². The van der Waals surface area contributed by atoms with Crippen molar-refractivity contribution >= 4 is 5.91 Å². The zero-order valence-electron chi connectivity index (χ0n) is 9.47. The summed E-state index contributed by atoms with van der Waals surface area (Å²) in [5.74, 6) is 0.0564. The molecule has 1 amide bonds. The summed E-state index contributed by atoms with van der Waals surface area (Å²) in [5.41, 5.74) is 5.23. The Bertz CT molecular complexity index is 115. The van der Waals surface area contributed by atoms with Crippen molar-refractivity contribution in [1.82, 2.24) is 4.90 Å². The lowest BCUT2D eigenvalue weighted by molar-refractivity contribution is -0.129. The minimum absolute atomic E-state index is 0.0564. The molecule has 0 spiro atoms. The van der Waals surface area contributed by atoms with E-state index >= 15 is 0 Å². The van der Waals surface area contributed by atoms with Crippen LogP contribution >= 0.6 is 0 Å². The van der Waals surface area contributed by atoms with Gasteiger partial charge in [-0.3, -0.25) is 4.79 Å². The van der Waals surface area contributed by atoms with Gasteiger partial charge in [-0.1, -0.05) is 27.2 Å². The Kier molecular flexibility index (Phi) is 13.1. The topological polar surface area (TPSA) is 46.3 Å². The fourth-order valence-corrected chi connectivity index (χ4v) is 0.937. The van der Waals surface area contributed by atoms with Crippen molar-refractivity contribution in [1.29, 1.82) is 0 Å². The van der Waals surface area contributed by atoms with Gasteiger partial charge in [0.1, 0.15) is 0 Å². The minimum atomic E-state index is 0.0564. The molecule has 0 heterocycles. The van der Waals surface area contributed by atoms with Crippen LogP contribution in [0.25, 0.3) is 0 Å². The van der Waals surface area contributed by atoms with Crippen molar-refractivity contribution in [2.45, 2.75) is 40.5 Å². The molecular weight excluding hydrogens is 164 g/mol. The number of likely N-dealkylation sites (N-methyl/N-ethyl adjacent to an activating group) is 1. The third-order valence-electron chi connectivity index (χ3n) is 1.69. The van der Waals surface area contributed by atoms with Crippen molar-refractivity contribution < 1.29 is 4.79 Å². The van der Waals surface area contributed by atoms with Crippen molar-refractivity contribution in [2.24, 2.45) is 5.73 Å². The molecule has 80 valence electrons.